The Hall–Kier alpha value is -2.21. The Kier molecular flexibility index (Phi) is 3.84. The van der Waals surface area contributed by atoms with Crippen molar-refractivity contribution in [3.05, 3.63) is 36.2 Å². The average molecular weight is 326 g/mol. The topological polar surface area (TPSA) is 71.3 Å². The maximum Gasteiger partial charge on any atom is 0.292 e. The van der Waals surface area contributed by atoms with Gasteiger partial charge in [0.05, 0.1) is 5.69 Å². The number of pyridine rings is 1. The van der Waals surface area contributed by atoms with E-state index in [2.05, 4.69) is 22.4 Å². The van der Waals surface area contributed by atoms with Crippen LogP contribution in [0.25, 0.3) is 11.4 Å². The molecule has 1 spiro atoms. The van der Waals surface area contributed by atoms with Gasteiger partial charge in [0, 0.05) is 24.8 Å². The highest BCUT2D eigenvalue weighted by atomic mass is 16.5. The summed E-state index contributed by atoms with van der Waals surface area (Å²) in [6, 6.07) is 7.53. The molecule has 2 aromatic heterocycles. The van der Waals surface area contributed by atoms with Crippen LogP contribution >= 0.6 is 0 Å². The van der Waals surface area contributed by atoms with Crippen molar-refractivity contribution in [1.29, 1.82) is 0 Å². The van der Waals surface area contributed by atoms with E-state index in [1.165, 1.54) is 0 Å². The minimum atomic E-state index is -0.0624. The van der Waals surface area contributed by atoms with Crippen molar-refractivity contribution in [2.24, 2.45) is 5.41 Å². The second-order valence-corrected chi connectivity index (χ2v) is 7.03. The van der Waals surface area contributed by atoms with E-state index >= 15 is 0 Å². The molecule has 2 aliphatic heterocycles. The number of hydrogen-bond acceptors (Lipinski definition) is 5. The zero-order valence-electron chi connectivity index (χ0n) is 13.9. The largest absolute Gasteiger partial charge is 0.350 e. The highest BCUT2D eigenvalue weighted by Gasteiger charge is 2.45. The van der Waals surface area contributed by atoms with Gasteiger partial charge in [-0.2, -0.15) is 0 Å². The molecule has 2 saturated heterocycles. The summed E-state index contributed by atoms with van der Waals surface area (Å²) < 4.78 is 5.32. The molecule has 126 valence electrons. The van der Waals surface area contributed by atoms with E-state index < -0.39 is 0 Å². The lowest BCUT2D eigenvalue weighted by molar-refractivity contribution is 0.0681. The van der Waals surface area contributed by atoms with E-state index in [0.717, 1.165) is 38.9 Å². The molecular weight excluding hydrogens is 304 g/mol. The Morgan fingerprint density at radius 2 is 2.17 bits per heavy atom. The van der Waals surface area contributed by atoms with Gasteiger partial charge in [-0.15, -0.1) is 0 Å². The fourth-order valence-corrected chi connectivity index (χ4v) is 4.06. The average Bonchev–Trinajstić information content (AvgIpc) is 3.21. The fraction of sp³-hybridized carbons (Fsp3) is 0.500. The van der Waals surface area contributed by atoms with Crippen LogP contribution in [0, 0.1) is 5.41 Å². The van der Waals surface area contributed by atoms with E-state index in [1.807, 2.05) is 23.1 Å². The number of carbonyl (C=O) groups excluding carboxylic acids is 1. The van der Waals surface area contributed by atoms with Crippen LogP contribution in [0.5, 0.6) is 0 Å². The summed E-state index contributed by atoms with van der Waals surface area (Å²) in [6.07, 6.45) is 5.05. The number of aromatic nitrogens is 2. The normalized spacial score (nSPS) is 22.9. The molecule has 6 nitrogen and oxygen atoms in total. The molecule has 2 aliphatic rings. The molecule has 0 aliphatic carbocycles. The second-order valence-electron chi connectivity index (χ2n) is 7.03. The summed E-state index contributed by atoms with van der Waals surface area (Å²) in [5.41, 5.74) is 1.58. The quantitative estimate of drug-likeness (QED) is 0.917. The lowest BCUT2D eigenvalue weighted by Gasteiger charge is -2.33. The summed E-state index contributed by atoms with van der Waals surface area (Å²) in [5.74, 6) is 0.237. The van der Waals surface area contributed by atoms with Crippen LogP contribution in [0.2, 0.25) is 0 Å². The summed E-state index contributed by atoms with van der Waals surface area (Å²) in [5, 5.41) is 7.42. The standard InChI is InChI=1S/C18H22N4O2/c1-13-11-18(5-8-19-9-6-18)12-22(13)17(23)16-10-15(21-24-16)14-4-2-3-7-20-14/h2-4,7,10,13,19H,5-6,8-9,11-12H2,1H3. The maximum absolute atomic E-state index is 12.9. The molecule has 0 saturated carbocycles. The van der Waals surface area contributed by atoms with Gasteiger partial charge < -0.3 is 14.7 Å². The van der Waals surface area contributed by atoms with Crippen molar-refractivity contribution in [2.45, 2.75) is 32.2 Å². The molecule has 2 aromatic rings. The van der Waals surface area contributed by atoms with E-state index in [9.17, 15) is 4.79 Å². The van der Waals surface area contributed by atoms with Crippen molar-refractivity contribution >= 4 is 5.91 Å². The zero-order valence-corrected chi connectivity index (χ0v) is 13.9. The number of rotatable bonds is 2. The molecule has 1 unspecified atom stereocenters. The minimum absolute atomic E-state index is 0.0624. The Morgan fingerprint density at radius 3 is 2.92 bits per heavy atom. The van der Waals surface area contributed by atoms with Crippen molar-refractivity contribution in [2.75, 3.05) is 19.6 Å². The fourth-order valence-electron chi connectivity index (χ4n) is 4.06. The van der Waals surface area contributed by atoms with E-state index in [1.54, 1.807) is 12.3 Å². The first-order valence-corrected chi connectivity index (χ1v) is 8.57. The first-order valence-electron chi connectivity index (χ1n) is 8.57. The van der Waals surface area contributed by atoms with Gasteiger partial charge in [0.1, 0.15) is 5.69 Å². The number of hydrogen-bond donors (Lipinski definition) is 1. The SMILES string of the molecule is CC1CC2(CCNCC2)CN1C(=O)c1cc(-c2ccccn2)no1. The van der Waals surface area contributed by atoms with Crippen molar-refractivity contribution < 1.29 is 9.32 Å². The van der Waals surface area contributed by atoms with E-state index in [4.69, 9.17) is 4.52 Å². The van der Waals surface area contributed by atoms with Crippen LogP contribution in [0.3, 0.4) is 0 Å². The van der Waals surface area contributed by atoms with Crippen molar-refractivity contribution in [3.63, 3.8) is 0 Å². The number of likely N-dealkylation sites (tertiary alicyclic amines) is 1. The van der Waals surface area contributed by atoms with Crippen LogP contribution in [0.4, 0.5) is 0 Å². The van der Waals surface area contributed by atoms with Crippen LogP contribution < -0.4 is 5.32 Å². The molecule has 0 bridgehead atoms. The predicted molar refractivity (Wildman–Crippen MR) is 89.4 cm³/mol. The van der Waals surface area contributed by atoms with E-state index in [-0.39, 0.29) is 17.4 Å². The van der Waals surface area contributed by atoms with Crippen LogP contribution in [0.1, 0.15) is 36.7 Å². The monoisotopic (exact) mass is 326 g/mol. The van der Waals surface area contributed by atoms with Crippen molar-refractivity contribution in [3.8, 4) is 11.4 Å². The number of carbonyl (C=O) groups is 1. The molecule has 6 heteroatoms. The molecule has 1 amide bonds. The van der Waals surface area contributed by atoms with Gasteiger partial charge in [0.15, 0.2) is 0 Å². The molecule has 2 fully saturated rings. The summed E-state index contributed by atoms with van der Waals surface area (Å²) in [4.78, 5) is 19.1. The molecule has 1 N–H and O–H groups in total. The third kappa shape index (κ3) is 2.71. The zero-order chi connectivity index (χ0) is 16.6. The summed E-state index contributed by atoms with van der Waals surface area (Å²) in [6.45, 7) is 5.03. The third-order valence-electron chi connectivity index (χ3n) is 5.34. The van der Waals surface area contributed by atoms with Gasteiger partial charge >= 0.3 is 0 Å². The van der Waals surface area contributed by atoms with Crippen LogP contribution in [0.15, 0.2) is 35.0 Å². The Balaban J connectivity index is 1.53. The Bertz CT molecular complexity index is 722. The lowest BCUT2D eigenvalue weighted by atomic mass is 9.77. The summed E-state index contributed by atoms with van der Waals surface area (Å²) >= 11 is 0. The van der Waals surface area contributed by atoms with Crippen LogP contribution in [-0.4, -0.2) is 46.6 Å². The maximum atomic E-state index is 12.9. The molecular formula is C18H22N4O2. The molecule has 4 heterocycles. The second kappa shape index (κ2) is 6.02. The minimum Gasteiger partial charge on any atom is -0.350 e. The molecule has 4 rings (SSSR count). The number of nitrogens with zero attached hydrogens (tertiary/aromatic N) is 3. The highest BCUT2D eigenvalue weighted by molar-refractivity contribution is 5.92. The first-order chi connectivity index (χ1) is 11.7. The van der Waals surface area contributed by atoms with Gasteiger partial charge in [0.25, 0.3) is 5.91 Å². The number of piperidine rings is 1. The van der Waals surface area contributed by atoms with Crippen LogP contribution in [-0.2, 0) is 0 Å². The lowest BCUT2D eigenvalue weighted by Crippen LogP contribution is -2.40. The number of nitrogens with one attached hydrogen (secondary N) is 1. The van der Waals surface area contributed by atoms with Crippen molar-refractivity contribution in [1.82, 2.24) is 20.4 Å². The molecule has 0 radical (unpaired) electrons. The predicted octanol–water partition coefficient (Wildman–Crippen LogP) is 2.34. The Labute approximate surface area is 141 Å². The third-order valence-corrected chi connectivity index (χ3v) is 5.34. The molecule has 1 atom stereocenters. The van der Waals surface area contributed by atoms with Gasteiger partial charge in [-0.25, -0.2) is 0 Å². The Morgan fingerprint density at radius 1 is 1.33 bits per heavy atom. The van der Waals surface area contributed by atoms with Gasteiger partial charge in [-0.05, 0) is 56.8 Å². The first kappa shape index (κ1) is 15.3. The summed E-state index contributed by atoms with van der Waals surface area (Å²) in [7, 11) is 0. The van der Waals surface area contributed by atoms with Gasteiger partial charge in [-0.1, -0.05) is 11.2 Å². The van der Waals surface area contributed by atoms with Gasteiger partial charge in [0.2, 0.25) is 5.76 Å². The van der Waals surface area contributed by atoms with E-state index in [0.29, 0.717) is 17.1 Å². The number of amides is 1. The van der Waals surface area contributed by atoms with Gasteiger partial charge in [-0.3, -0.25) is 9.78 Å². The molecule has 0 aromatic carbocycles. The highest BCUT2D eigenvalue weighted by Crippen LogP contribution is 2.42. The smallest absolute Gasteiger partial charge is 0.292 e. The molecule has 24 heavy (non-hydrogen) atoms.